The van der Waals surface area contributed by atoms with Gasteiger partial charge in [-0.05, 0) is 24.8 Å². The van der Waals surface area contributed by atoms with Gasteiger partial charge >= 0.3 is 0 Å². The van der Waals surface area contributed by atoms with Crippen molar-refractivity contribution in [3.05, 3.63) is 35.9 Å². The van der Waals surface area contributed by atoms with Crippen molar-refractivity contribution in [1.82, 2.24) is 5.32 Å². The van der Waals surface area contributed by atoms with Gasteiger partial charge in [0.1, 0.15) is 12.6 Å². The van der Waals surface area contributed by atoms with Crippen LogP contribution < -0.4 is 11.1 Å². The van der Waals surface area contributed by atoms with Crippen molar-refractivity contribution in [2.24, 2.45) is 5.73 Å². The summed E-state index contributed by atoms with van der Waals surface area (Å²) in [5, 5.41) is 2.57. The third-order valence-electron chi connectivity index (χ3n) is 2.76. The molecule has 0 bridgehead atoms. The van der Waals surface area contributed by atoms with E-state index in [4.69, 9.17) is 10.5 Å². The molecule has 0 spiro atoms. The van der Waals surface area contributed by atoms with Crippen LogP contribution in [0.15, 0.2) is 30.3 Å². The van der Waals surface area contributed by atoms with Gasteiger partial charge in [0.2, 0.25) is 11.8 Å². The van der Waals surface area contributed by atoms with Crippen LogP contribution >= 0.6 is 0 Å². The van der Waals surface area contributed by atoms with Crippen molar-refractivity contribution in [1.29, 1.82) is 0 Å². The van der Waals surface area contributed by atoms with Crippen molar-refractivity contribution in [3.8, 4) is 0 Å². The molecule has 0 aromatic heterocycles. The van der Waals surface area contributed by atoms with E-state index < -0.39 is 11.9 Å². The molecule has 3 N–H and O–H groups in total. The lowest BCUT2D eigenvalue weighted by molar-refractivity contribution is -0.129. The van der Waals surface area contributed by atoms with Crippen LogP contribution in [-0.2, 0) is 20.7 Å². The van der Waals surface area contributed by atoms with Crippen LogP contribution in [0.4, 0.5) is 0 Å². The number of aryl methyl sites for hydroxylation is 1. The Morgan fingerprint density at radius 1 is 1.32 bits per heavy atom. The van der Waals surface area contributed by atoms with E-state index >= 15 is 0 Å². The van der Waals surface area contributed by atoms with E-state index in [-0.39, 0.29) is 12.5 Å². The minimum atomic E-state index is -0.633. The third-order valence-corrected chi connectivity index (χ3v) is 2.76. The smallest absolute Gasteiger partial charge is 0.246 e. The van der Waals surface area contributed by atoms with Crippen LogP contribution in [0.1, 0.15) is 18.4 Å². The van der Waals surface area contributed by atoms with Crippen LogP contribution in [-0.4, -0.2) is 31.6 Å². The van der Waals surface area contributed by atoms with Gasteiger partial charge in [0.25, 0.3) is 0 Å². The van der Waals surface area contributed by atoms with E-state index in [0.29, 0.717) is 6.42 Å². The number of carbonyl (C=O) groups excluding carboxylic acids is 2. The molecule has 0 unspecified atom stereocenters. The van der Waals surface area contributed by atoms with Crippen LogP contribution in [0.5, 0.6) is 0 Å². The molecular formula is C14H20N2O3. The number of nitrogens with one attached hydrogen (secondary N) is 1. The predicted molar refractivity (Wildman–Crippen MR) is 72.4 cm³/mol. The number of methoxy groups -OCH3 is 1. The monoisotopic (exact) mass is 264 g/mol. The second kappa shape index (κ2) is 8.26. The lowest BCUT2D eigenvalue weighted by atomic mass is 10.0. The maximum atomic E-state index is 11.3. The van der Waals surface area contributed by atoms with Gasteiger partial charge < -0.3 is 15.8 Å². The van der Waals surface area contributed by atoms with Gasteiger partial charge in [-0.25, -0.2) is 0 Å². The first-order valence-corrected chi connectivity index (χ1v) is 6.25. The molecule has 0 saturated heterocycles. The maximum absolute atomic E-state index is 11.3. The second-order valence-corrected chi connectivity index (χ2v) is 4.33. The van der Waals surface area contributed by atoms with Crippen LogP contribution in [0.3, 0.4) is 0 Å². The third kappa shape index (κ3) is 6.01. The number of amides is 2. The Bertz CT molecular complexity index is 406. The number of nitrogens with two attached hydrogens (primary N) is 1. The Kier molecular flexibility index (Phi) is 6.60. The fourth-order valence-corrected chi connectivity index (χ4v) is 1.81. The summed E-state index contributed by atoms with van der Waals surface area (Å²) in [5.74, 6) is -0.844. The Morgan fingerprint density at radius 3 is 2.58 bits per heavy atom. The first-order valence-electron chi connectivity index (χ1n) is 6.25. The molecule has 0 fully saturated rings. The zero-order valence-corrected chi connectivity index (χ0v) is 11.1. The summed E-state index contributed by atoms with van der Waals surface area (Å²) in [6.45, 7) is -0.0670. The van der Waals surface area contributed by atoms with Crippen molar-refractivity contribution >= 4 is 11.8 Å². The summed E-state index contributed by atoms with van der Waals surface area (Å²) < 4.78 is 4.69. The maximum Gasteiger partial charge on any atom is 0.246 e. The molecular weight excluding hydrogens is 244 g/mol. The van der Waals surface area contributed by atoms with Gasteiger partial charge in [-0.2, -0.15) is 0 Å². The largest absolute Gasteiger partial charge is 0.375 e. The molecule has 1 aromatic rings. The lowest BCUT2D eigenvalue weighted by Crippen LogP contribution is -2.45. The molecule has 0 aliphatic heterocycles. The highest BCUT2D eigenvalue weighted by molar-refractivity contribution is 5.86. The molecule has 0 aliphatic carbocycles. The van der Waals surface area contributed by atoms with Crippen LogP contribution in [0.25, 0.3) is 0 Å². The molecule has 104 valence electrons. The molecule has 1 atom stereocenters. The fraction of sp³-hybridized carbons (Fsp3) is 0.429. The first kappa shape index (κ1) is 15.2. The van der Waals surface area contributed by atoms with Crippen molar-refractivity contribution < 1.29 is 14.3 Å². The average Bonchev–Trinajstić information content (AvgIpc) is 2.39. The average molecular weight is 264 g/mol. The van der Waals surface area contributed by atoms with E-state index in [9.17, 15) is 9.59 Å². The number of primary amides is 1. The molecule has 5 heteroatoms. The summed E-state index contributed by atoms with van der Waals surface area (Å²) in [7, 11) is 1.42. The van der Waals surface area contributed by atoms with Crippen LogP contribution in [0.2, 0.25) is 0 Å². The first-order chi connectivity index (χ1) is 9.13. The van der Waals surface area contributed by atoms with Crippen molar-refractivity contribution in [2.45, 2.75) is 25.3 Å². The molecule has 0 radical (unpaired) electrons. The highest BCUT2D eigenvalue weighted by Gasteiger charge is 2.17. The standard InChI is InChI=1S/C14H20N2O3/c1-19-10-13(17)16-12(14(15)18)9-5-8-11-6-3-2-4-7-11/h2-4,6-7,12H,5,8-10H2,1H3,(H2,15,18)(H,16,17)/t12-/m1/s1. The van der Waals surface area contributed by atoms with Crippen molar-refractivity contribution in [2.75, 3.05) is 13.7 Å². The molecule has 1 rings (SSSR count). The van der Waals surface area contributed by atoms with E-state index in [2.05, 4.69) is 5.32 Å². The van der Waals surface area contributed by atoms with Crippen molar-refractivity contribution in [3.63, 3.8) is 0 Å². The zero-order valence-electron chi connectivity index (χ0n) is 11.1. The number of ether oxygens (including phenoxy) is 1. The predicted octanol–water partition coefficient (Wildman–Crippen LogP) is 0.626. The summed E-state index contributed by atoms with van der Waals surface area (Å²) in [4.78, 5) is 22.6. The Hall–Kier alpha value is -1.88. The van der Waals surface area contributed by atoms with Gasteiger partial charge in [-0.3, -0.25) is 9.59 Å². The number of carbonyl (C=O) groups is 2. The molecule has 5 nitrogen and oxygen atoms in total. The number of hydrogen-bond acceptors (Lipinski definition) is 3. The van der Waals surface area contributed by atoms with E-state index in [1.807, 2.05) is 30.3 Å². The summed E-state index contributed by atoms with van der Waals surface area (Å²) >= 11 is 0. The lowest BCUT2D eigenvalue weighted by Gasteiger charge is -2.15. The zero-order chi connectivity index (χ0) is 14.1. The minimum absolute atomic E-state index is 0.0670. The number of rotatable bonds is 8. The number of benzene rings is 1. The van der Waals surface area contributed by atoms with Gasteiger partial charge in [0, 0.05) is 7.11 Å². The Balaban J connectivity index is 2.38. The summed E-state index contributed by atoms with van der Waals surface area (Å²) in [6, 6.07) is 9.33. The molecule has 0 heterocycles. The molecule has 0 saturated carbocycles. The molecule has 2 amide bonds. The van der Waals surface area contributed by atoms with Gasteiger partial charge in [-0.15, -0.1) is 0 Å². The molecule has 19 heavy (non-hydrogen) atoms. The quantitative estimate of drug-likeness (QED) is 0.722. The molecule has 1 aromatic carbocycles. The normalized spacial score (nSPS) is 11.8. The van der Waals surface area contributed by atoms with E-state index in [1.54, 1.807) is 0 Å². The molecule has 0 aliphatic rings. The fourth-order valence-electron chi connectivity index (χ4n) is 1.81. The summed E-state index contributed by atoms with van der Waals surface area (Å²) in [6.07, 6.45) is 2.16. The van der Waals surface area contributed by atoms with E-state index in [0.717, 1.165) is 12.8 Å². The van der Waals surface area contributed by atoms with E-state index in [1.165, 1.54) is 12.7 Å². The number of hydrogen-bond donors (Lipinski definition) is 2. The highest BCUT2D eigenvalue weighted by atomic mass is 16.5. The second-order valence-electron chi connectivity index (χ2n) is 4.33. The Morgan fingerprint density at radius 2 is 2.00 bits per heavy atom. The van der Waals surface area contributed by atoms with Gasteiger partial charge in [-0.1, -0.05) is 30.3 Å². The van der Waals surface area contributed by atoms with Crippen LogP contribution in [0, 0.1) is 0 Å². The highest BCUT2D eigenvalue weighted by Crippen LogP contribution is 2.06. The Labute approximate surface area is 113 Å². The van der Waals surface area contributed by atoms with Gasteiger partial charge in [0.05, 0.1) is 0 Å². The summed E-state index contributed by atoms with van der Waals surface area (Å²) in [5.41, 5.74) is 6.47. The topological polar surface area (TPSA) is 81.4 Å². The van der Waals surface area contributed by atoms with Gasteiger partial charge in [0.15, 0.2) is 0 Å². The SMILES string of the molecule is COCC(=O)N[C@H](CCCc1ccccc1)C(N)=O. The minimum Gasteiger partial charge on any atom is -0.375 e.